The van der Waals surface area contributed by atoms with E-state index in [1.165, 1.54) is 0 Å². The first-order valence-corrected chi connectivity index (χ1v) is 11.7. The number of ether oxygens (including phenoxy) is 1. The first-order valence-electron chi connectivity index (χ1n) is 11.7. The number of rotatable bonds is 8. The Morgan fingerprint density at radius 3 is 1.94 bits per heavy atom. The van der Waals surface area contributed by atoms with E-state index in [1.54, 1.807) is 0 Å². The second kappa shape index (κ2) is 10.2. The summed E-state index contributed by atoms with van der Waals surface area (Å²) in [6.07, 6.45) is 0.373. The van der Waals surface area contributed by atoms with Gasteiger partial charge in [-0.3, -0.25) is 9.69 Å². The predicted octanol–water partition coefficient (Wildman–Crippen LogP) is 4.68. The van der Waals surface area contributed by atoms with E-state index in [9.17, 15) is 9.59 Å². The average Bonchev–Trinajstić information content (AvgIpc) is 3.61. The molecule has 1 heterocycles. The molecule has 4 rings (SSSR count). The molecule has 0 aliphatic carbocycles. The van der Waals surface area contributed by atoms with Gasteiger partial charge in [0.1, 0.15) is 18.7 Å². The highest BCUT2D eigenvalue weighted by Crippen LogP contribution is 2.48. The third kappa shape index (κ3) is 5.72. The van der Waals surface area contributed by atoms with Gasteiger partial charge in [0.25, 0.3) is 0 Å². The van der Waals surface area contributed by atoms with Crippen LogP contribution in [0.2, 0.25) is 0 Å². The van der Waals surface area contributed by atoms with E-state index >= 15 is 0 Å². The van der Waals surface area contributed by atoms with Crippen molar-refractivity contribution in [2.45, 2.75) is 57.5 Å². The first-order chi connectivity index (χ1) is 16.3. The van der Waals surface area contributed by atoms with Crippen LogP contribution < -0.4 is 5.32 Å². The van der Waals surface area contributed by atoms with Gasteiger partial charge in [0, 0.05) is 12.0 Å². The number of esters is 1. The zero-order valence-corrected chi connectivity index (χ0v) is 20.0. The van der Waals surface area contributed by atoms with Crippen LogP contribution in [0.4, 0.5) is 0 Å². The minimum absolute atomic E-state index is 0.0149. The van der Waals surface area contributed by atoms with Crippen molar-refractivity contribution in [1.82, 2.24) is 10.2 Å². The van der Waals surface area contributed by atoms with Gasteiger partial charge in [-0.15, -0.1) is 0 Å². The van der Waals surface area contributed by atoms with Gasteiger partial charge in [-0.05, 0) is 37.5 Å². The molecule has 1 amide bonds. The number of nitrogens with zero attached hydrogens (tertiary/aromatic N) is 1. The van der Waals surface area contributed by atoms with Crippen LogP contribution in [0.5, 0.6) is 0 Å². The summed E-state index contributed by atoms with van der Waals surface area (Å²) < 4.78 is 5.60. The van der Waals surface area contributed by atoms with Crippen LogP contribution in [0.1, 0.15) is 43.5 Å². The van der Waals surface area contributed by atoms with Gasteiger partial charge in [-0.2, -0.15) is 0 Å². The number of carbonyl (C=O) groups is 2. The molecule has 5 nitrogen and oxygen atoms in total. The summed E-state index contributed by atoms with van der Waals surface area (Å²) in [5.74, 6) is -0.582. The lowest BCUT2D eigenvalue weighted by atomic mass is 10.1. The number of hydrogen-bond acceptors (Lipinski definition) is 4. The lowest BCUT2D eigenvalue weighted by Crippen LogP contribution is -2.46. The summed E-state index contributed by atoms with van der Waals surface area (Å²) in [5.41, 5.74) is 2.79. The van der Waals surface area contributed by atoms with Crippen molar-refractivity contribution in [2.24, 2.45) is 0 Å². The predicted molar refractivity (Wildman–Crippen MR) is 133 cm³/mol. The van der Waals surface area contributed by atoms with Crippen LogP contribution in [0, 0.1) is 0 Å². The minimum Gasteiger partial charge on any atom is -0.459 e. The molecule has 4 atom stereocenters. The SMILES string of the molecule is CC(C)(C)N1C(C(=O)N[C@H](Cc2ccccc2)C(=O)OCc2ccccc2)C1c1ccccc1. The van der Waals surface area contributed by atoms with Crippen molar-refractivity contribution in [1.29, 1.82) is 0 Å². The molecule has 3 aromatic rings. The molecule has 1 N–H and O–H groups in total. The van der Waals surface area contributed by atoms with E-state index < -0.39 is 12.0 Å². The van der Waals surface area contributed by atoms with Gasteiger partial charge in [0.2, 0.25) is 5.91 Å². The molecular weight excluding hydrogens is 424 g/mol. The molecule has 1 fully saturated rings. The zero-order chi connectivity index (χ0) is 24.1. The molecule has 0 aromatic heterocycles. The Bertz CT molecular complexity index is 1090. The van der Waals surface area contributed by atoms with Crippen molar-refractivity contribution >= 4 is 11.9 Å². The van der Waals surface area contributed by atoms with Gasteiger partial charge >= 0.3 is 5.97 Å². The number of carbonyl (C=O) groups excluding carboxylic acids is 2. The number of benzene rings is 3. The Hall–Kier alpha value is -3.44. The lowest BCUT2D eigenvalue weighted by molar-refractivity contribution is -0.149. The highest BCUT2D eigenvalue weighted by Gasteiger charge is 2.58. The Morgan fingerprint density at radius 1 is 0.853 bits per heavy atom. The highest BCUT2D eigenvalue weighted by atomic mass is 16.5. The first kappa shape index (κ1) is 23.7. The molecule has 3 unspecified atom stereocenters. The van der Waals surface area contributed by atoms with Gasteiger partial charge in [0.15, 0.2) is 0 Å². The quantitative estimate of drug-likeness (QED) is 0.395. The van der Waals surface area contributed by atoms with E-state index in [1.807, 2.05) is 91.0 Å². The molecule has 1 aliphatic heterocycles. The molecule has 5 heteroatoms. The third-order valence-electron chi connectivity index (χ3n) is 6.10. The third-order valence-corrected chi connectivity index (χ3v) is 6.10. The fourth-order valence-corrected chi connectivity index (χ4v) is 4.46. The summed E-state index contributed by atoms with van der Waals surface area (Å²) in [4.78, 5) is 28.7. The molecule has 1 aliphatic rings. The van der Waals surface area contributed by atoms with Crippen molar-refractivity contribution in [3.05, 3.63) is 108 Å². The Balaban J connectivity index is 1.50. The maximum atomic E-state index is 13.5. The fraction of sp³-hybridized carbons (Fsp3) is 0.310. The van der Waals surface area contributed by atoms with Gasteiger partial charge in [-0.1, -0.05) is 91.0 Å². The molecule has 3 aromatic carbocycles. The van der Waals surface area contributed by atoms with Crippen LogP contribution in [0.3, 0.4) is 0 Å². The second-order valence-corrected chi connectivity index (χ2v) is 9.72. The van der Waals surface area contributed by atoms with Crippen LogP contribution >= 0.6 is 0 Å². The number of hydrogen-bond donors (Lipinski definition) is 1. The normalized spacial score (nSPS) is 20.3. The number of nitrogens with one attached hydrogen (secondary N) is 1. The highest BCUT2D eigenvalue weighted by molar-refractivity contribution is 5.90. The molecule has 1 saturated heterocycles. The molecule has 0 saturated carbocycles. The fourth-order valence-electron chi connectivity index (χ4n) is 4.46. The maximum absolute atomic E-state index is 13.5. The topological polar surface area (TPSA) is 58.4 Å². The van der Waals surface area contributed by atoms with Gasteiger partial charge in [-0.25, -0.2) is 4.79 Å². The average molecular weight is 457 g/mol. The molecule has 176 valence electrons. The minimum atomic E-state index is -0.766. The van der Waals surface area contributed by atoms with Crippen molar-refractivity contribution in [3.8, 4) is 0 Å². The van der Waals surface area contributed by atoms with Crippen LogP contribution in [-0.4, -0.2) is 34.4 Å². The van der Waals surface area contributed by atoms with Crippen molar-refractivity contribution < 1.29 is 14.3 Å². The summed E-state index contributed by atoms with van der Waals surface area (Å²) >= 11 is 0. The van der Waals surface area contributed by atoms with Gasteiger partial charge in [0.05, 0.1) is 6.04 Å². The monoisotopic (exact) mass is 456 g/mol. The molecular formula is C29H32N2O3. The van der Waals surface area contributed by atoms with E-state index in [0.717, 1.165) is 16.7 Å². The van der Waals surface area contributed by atoms with Crippen molar-refractivity contribution in [2.75, 3.05) is 0 Å². The smallest absolute Gasteiger partial charge is 0.329 e. The summed E-state index contributed by atoms with van der Waals surface area (Å²) in [7, 11) is 0. The Kier molecular flexibility index (Phi) is 7.13. The molecule has 0 spiro atoms. The summed E-state index contributed by atoms with van der Waals surface area (Å²) in [6, 6.07) is 28.2. The van der Waals surface area contributed by atoms with Gasteiger partial charge < -0.3 is 10.1 Å². The van der Waals surface area contributed by atoms with Crippen molar-refractivity contribution in [3.63, 3.8) is 0 Å². The van der Waals surface area contributed by atoms with Crippen LogP contribution in [0.15, 0.2) is 91.0 Å². The van der Waals surface area contributed by atoms with Crippen LogP contribution in [0.25, 0.3) is 0 Å². The Labute approximate surface area is 201 Å². The van der Waals surface area contributed by atoms with Crippen LogP contribution in [-0.2, 0) is 27.4 Å². The van der Waals surface area contributed by atoms with E-state index in [2.05, 4.69) is 31.0 Å². The Morgan fingerprint density at radius 2 is 1.38 bits per heavy atom. The molecule has 0 bridgehead atoms. The zero-order valence-electron chi connectivity index (χ0n) is 20.0. The largest absolute Gasteiger partial charge is 0.459 e. The lowest BCUT2D eigenvalue weighted by Gasteiger charge is -2.23. The second-order valence-electron chi connectivity index (χ2n) is 9.72. The summed E-state index contributed by atoms with van der Waals surface area (Å²) in [5, 5.41) is 3.01. The van der Waals surface area contributed by atoms with E-state index in [0.29, 0.717) is 6.42 Å². The number of amides is 1. The molecule has 34 heavy (non-hydrogen) atoms. The standard InChI is InChI=1S/C29H32N2O3/c1-29(2,3)31-25(23-17-11-6-12-18-23)26(31)27(32)30-24(19-21-13-7-4-8-14-21)28(33)34-20-22-15-9-5-10-16-22/h4-18,24-26H,19-20H2,1-3H3,(H,30,32)/t24-,25?,26?,31?/m1/s1. The van der Waals surface area contributed by atoms with E-state index in [4.69, 9.17) is 4.74 Å². The summed E-state index contributed by atoms with van der Waals surface area (Å²) in [6.45, 7) is 6.48. The van der Waals surface area contributed by atoms with E-state index in [-0.39, 0.29) is 30.1 Å². The maximum Gasteiger partial charge on any atom is 0.329 e. The molecule has 0 radical (unpaired) electrons.